The number of halogens is 1. The van der Waals surface area contributed by atoms with Crippen molar-refractivity contribution in [2.75, 3.05) is 54.2 Å². The summed E-state index contributed by atoms with van der Waals surface area (Å²) >= 11 is 11.0. The van der Waals surface area contributed by atoms with Crippen molar-refractivity contribution in [3.05, 3.63) is 53.7 Å². The molecule has 12 nitrogen and oxygen atoms in total. The van der Waals surface area contributed by atoms with Gasteiger partial charge in [0.1, 0.15) is 10.8 Å². The van der Waals surface area contributed by atoms with Gasteiger partial charge in [0.05, 0.1) is 41.4 Å². The molecule has 0 aliphatic carbocycles. The number of ether oxygens (including phenoxy) is 1. The number of nitrogens with one attached hydrogen (secondary N) is 3. The zero-order valence-electron chi connectivity index (χ0n) is 24.6. The topological polar surface area (TPSA) is 151 Å². The number of anilines is 5. The van der Waals surface area contributed by atoms with Gasteiger partial charge < -0.3 is 15.4 Å². The van der Waals surface area contributed by atoms with Crippen LogP contribution >= 0.6 is 46.5 Å². The Hall–Kier alpha value is -3.15. The van der Waals surface area contributed by atoms with Crippen LogP contribution in [0.4, 0.5) is 28.3 Å². The van der Waals surface area contributed by atoms with Crippen molar-refractivity contribution in [1.29, 1.82) is 0 Å². The van der Waals surface area contributed by atoms with Gasteiger partial charge in [-0.05, 0) is 44.2 Å². The minimum Gasteiger partial charge on any atom is -0.495 e. The molecular weight excluding hydrogens is 676 g/mol. The van der Waals surface area contributed by atoms with E-state index in [1.165, 1.54) is 29.3 Å². The number of hydrogen-bond acceptors (Lipinski definition) is 14. The number of carbonyl (C=O) groups is 1. The Morgan fingerprint density at radius 3 is 2.64 bits per heavy atom. The number of thioether (sulfide) groups is 1. The molecule has 1 saturated heterocycles. The Bertz CT molecular complexity index is 1770. The van der Waals surface area contributed by atoms with E-state index in [-0.39, 0.29) is 27.6 Å². The van der Waals surface area contributed by atoms with Gasteiger partial charge in [0.25, 0.3) is 0 Å². The highest BCUT2D eigenvalue weighted by molar-refractivity contribution is 8.01. The van der Waals surface area contributed by atoms with Crippen LogP contribution in [0, 0.1) is 0 Å². The van der Waals surface area contributed by atoms with Crippen molar-refractivity contribution in [2.24, 2.45) is 0 Å². The van der Waals surface area contributed by atoms with E-state index in [1.807, 2.05) is 30.0 Å². The Balaban J connectivity index is 1.26. The Kier molecular flexibility index (Phi) is 11.0. The molecule has 0 bridgehead atoms. The minimum atomic E-state index is -3.56. The van der Waals surface area contributed by atoms with Crippen LogP contribution in [0.3, 0.4) is 0 Å². The van der Waals surface area contributed by atoms with Crippen LogP contribution in [0.15, 0.2) is 62.8 Å². The second-order valence-corrected chi connectivity index (χ2v) is 16.4. The number of nitrogens with zero attached hydrogens (tertiary/aromatic N) is 5. The van der Waals surface area contributed by atoms with E-state index in [1.54, 1.807) is 45.2 Å². The largest absolute Gasteiger partial charge is 0.495 e. The fourth-order valence-electron chi connectivity index (χ4n) is 4.20. The van der Waals surface area contributed by atoms with Crippen molar-refractivity contribution in [1.82, 2.24) is 25.1 Å². The Labute approximate surface area is 279 Å². The van der Waals surface area contributed by atoms with Crippen LogP contribution in [0.1, 0.15) is 13.8 Å². The smallest absolute Gasteiger partial charge is 0.240 e. The second kappa shape index (κ2) is 15.0. The fourth-order valence-corrected chi connectivity index (χ4v) is 8.29. The van der Waals surface area contributed by atoms with Gasteiger partial charge >= 0.3 is 0 Å². The van der Waals surface area contributed by atoms with Gasteiger partial charge in [-0.3, -0.25) is 15.0 Å². The molecule has 1 amide bonds. The first-order chi connectivity index (χ1) is 21.6. The molecule has 0 radical (unpaired) electrons. The maximum atomic E-state index is 12.9. The van der Waals surface area contributed by atoms with Gasteiger partial charge in [0.2, 0.25) is 17.0 Å². The molecule has 4 aromatic rings. The lowest BCUT2D eigenvalue weighted by molar-refractivity contribution is -0.117. The average Bonchev–Trinajstić information content (AvgIpc) is 3.46. The summed E-state index contributed by atoms with van der Waals surface area (Å²) in [7, 11) is -2.00. The van der Waals surface area contributed by atoms with Crippen molar-refractivity contribution in [2.45, 2.75) is 33.2 Å². The lowest BCUT2D eigenvalue weighted by Crippen LogP contribution is -2.38. The van der Waals surface area contributed by atoms with Gasteiger partial charge in [-0.1, -0.05) is 46.8 Å². The van der Waals surface area contributed by atoms with Crippen molar-refractivity contribution in [3.8, 4) is 5.75 Å². The van der Waals surface area contributed by atoms with Crippen molar-refractivity contribution in [3.63, 3.8) is 0 Å². The molecule has 0 saturated carbocycles. The van der Waals surface area contributed by atoms with Gasteiger partial charge in [-0.2, -0.15) is 16.7 Å². The van der Waals surface area contributed by atoms with E-state index >= 15 is 0 Å². The van der Waals surface area contributed by atoms with Gasteiger partial charge in [0.15, 0.2) is 20.0 Å². The summed E-state index contributed by atoms with van der Waals surface area (Å²) < 4.78 is 32.1. The lowest BCUT2D eigenvalue weighted by Gasteiger charge is -2.24. The molecule has 5 rings (SSSR count). The summed E-state index contributed by atoms with van der Waals surface area (Å²) in [6, 6.07) is 12.1. The summed E-state index contributed by atoms with van der Waals surface area (Å²) in [6.45, 7) is 5.42. The number of rotatable bonds is 12. The molecular formula is C28H31ClN8O4S4. The standard InChI is InChI=1S/C28H31ClN8O4S4/c1-17(2)45(39,40)23-7-5-4-6-21(23)31-25-19(29)15-30-26(34-25)32-20-9-8-18(14-22(20)41-3)43-28-36-35-27(44-28)33-24(38)16-37-10-12-42-13-11-37/h4-9,14-15,17H,10-13,16H2,1-3H3,(H,33,35,38)(H2,30,31,32,34). The summed E-state index contributed by atoms with van der Waals surface area (Å²) in [5.74, 6) is 2.96. The number of amides is 1. The first-order valence-electron chi connectivity index (χ1n) is 13.8. The lowest BCUT2D eigenvalue weighted by atomic mass is 10.3. The van der Waals surface area contributed by atoms with Crippen LogP contribution < -0.4 is 20.7 Å². The van der Waals surface area contributed by atoms with E-state index in [0.29, 0.717) is 33.1 Å². The number of para-hydroxylation sites is 1. The third-order valence-electron chi connectivity index (χ3n) is 6.56. The van der Waals surface area contributed by atoms with Gasteiger partial charge in [0, 0.05) is 29.5 Å². The number of aromatic nitrogens is 4. The van der Waals surface area contributed by atoms with Crippen LogP contribution in [-0.2, 0) is 14.6 Å². The van der Waals surface area contributed by atoms with E-state index in [4.69, 9.17) is 16.3 Å². The predicted molar refractivity (Wildman–Crippen MR) is 182 cm³/mol. The number of sulfone groups is 1. The zero-order valence-corrected chi connectivity index (χ0v) is 28.6. The van der Waals surface area contributed by atoms with Crippen molar-refractivity contribution < 1.29 is 17.9 Å². The fraction of sp³-hybridized carbons (Fsp3) is 0.321. The molecule has 0 atom stereocenters. The molecule has 1 aliphatic rings. The molecule has 0 unspecified atom stereocenters. The van der Waals surface area contributed by atoms with E-state index in [2.05, 4.69) is 41.0 Å². The molecule has 1 aliphatic heterocycles. The van der Waals surface area contributed by atoms with Crippen molar-refractivity contribution >= 4 is 90.5 Å². The third kappa shape index (κ3) is 8.56. The van der Waals surface area contributed by atoms with Crippen LogP contribution in [0.25, 0.3) is 0 Å². The number of benzene rings is 2. The van der Waals surface area contributed by atoms with Crippen LogP contribution in [-0.4, -0.2) is 82.9 Å². The number of methoxy groups -OCH3 is 1. The molecule has 3 N–H and O–H groups in total. The van der Waals surface area contributed by atoms with Gasteiger partial charge in [-0.15, -0.1) is 10.2 Å². The highest BCUT2D eigenvalue weighted by atomic mass is 35.5. The molecule has 238 valence electrons. The quantitative estimate of drug-likeness (QED) is 0.152. The first kappa shape index (κ1) is 33.2. The maximum absolute atomic E-state index is 12.9. The monoisotopic (exact) mass is 706 g/mol. The molecule has 2 aromatic heterocycles. The molecule has 0 spiro atoms. The van der Waals surface area contributed by atoms with E-state index < -0.39 is 15.1 Å². The maximum Gasteiger partial charge on any atom is 0.240 e. The minimum absolute atomic E-state index is 0.0979. The summed E-state index contributed by atoms with van der Waals surface area (Å²) in [5, 5.41) is 17.4. The molecule has 1 fully saturated rings. The second-order valence-electron chi connectivity index (χ2n) is 10.0. The van der Waals surface area contributed by atoms with E-state index in [0.717, 1.165) is 29.5 Å². The SMILES string of the molecule is COc1cc(Sc2nnc(NC(=O)CN3CCSCC3)s2)ccc1Nc1ncc(Cl)c(Nc2ccccc2S(=O)(=O)C(C)C)n1. The number of hydrogen-bond donors (Lipinski definition) is 3. The summed E-state index contributed by atoms with van der Waals surface area (Å²) in [6.07, 6.45) is 1.42. The van der Waals surface area contributed by atoms with Crippen LogP contribution in [0.2, 0.25) is 5.02 Å². The molecule has 2 aromatic carbocycles. The Morgan fingerprint density at radius 1 is 1.11 bits per heavy atom. The van der Waals surface area contributed by atoms with E-state index in [9.17, 15) is 13.2 Å². The highest BCUT2D eigenvalue weighted by Gasteiger charge is 2.23. The predicted octanol–water partition coefficient (Wildman–Crippen LogP) is 5.80. The average molecular weight is 707 g/mol. The molecule has 3 heterocycles. The number of carbonyl (C=O) groups excluding carboxylic acids is 1. The zero-order chi connectivity index (χ0) is 32.0. The summed E-state index contributed by atoms with van der Waals surface area (Å²) in [4.78, 5) is 24.3. The first-order valence-corrected chi connectivity index (χ1v) is 18.5. The Morgan fingerprint density at radius 2 is 1.89 bits per heavy atom. The van der Waals surface area contributed by atoms with Gasteiger partial charge in [-0.25, -0.2) is 13.4 Å². The van der Waals surface area contributed by atoms with Crippen LogP contribution in [0.5, 0.6) is 5.75 Å². The third-order valence-corrected chi connectivity index (χ3v) is 11.9. The summed E-state index contributed by atoms with van der Waals surface area (Å²) in [5.41, 5.74) is 0.955. The molecule has 45 heavy (non-hydrogen) atoms. The highest BCUT2D eigenvalue weighted by Crippen LogP contribution is 2.37. The molecule has 17 heteroatoms. The normalized spacial score (nSPS) is 13.9.